The zero-order valence-electron chi connectivity index (χ0n) is 17.5. The minimum Gasteiger partial charge on any atom is -0.481 e. The lowest BCUT2D eigenvalue weighted by Gasteiger charge is -2.16. The number of para-hydroxylation sites is 1. The van der Waals surface area contributed by atoms with E-state index in [9.17, 15) is 14.0 Å². The molecule has 1 unspecified atom stereocenters. The Balaban J connectivity index is 1.41. The molecule has 0 radical (unpaired) electrons. The molecule has 4 rings (SSSR count). The normalized spacial score (nSPS) is 13.3. The Hall–Kier alpha value is -3.33. The Morgan fingerprint density at radius 1 is 1.16 bits per heavy atom. The van der Waals surface area contributed by atoms with Crippen LogP contribution < -0.4 is 15.4 Å². The molecule has 166 valence electrons. The molecule has 0 spiro atoms. The van der Waals surface area contributed by atoms with Gasteiger partial charge in [0.1, 0.15) is 23.9 Å². The molecule has 0 aliphatic carbocycles. The molecule has 1 aliphatic rings. The molecule has 0 saturated carbocycles. The van der Waals surface area contributed by atoms with Crippen molar-refractivity contribution in [2.24, 2.45) is 0 Å². The van der Waals surface area contributed by atoms with E-state index >= 15 is 0 Å². The summed E-state index contributed by atoms with van der Waals surface area (Å²) in [5.74, 6) is 1.68. The van der Waals surface area contributed by atoms with E-state index in [-0.39, 0.29) is 30.7 Å². The van der Waals surface area contributed by atoms with Gasteiger partial charge in [0, 0.05) is 23.6 Å². The van der Waals surface area contributed by atoms with Gasteiger partial charge in [-0.25, -0.2) is 9.07 Å². The van der Waals surface area contributed by atoms with Crippen LogP contribution in [-0.2, 0) is 34.2 Å². The average Bonchev–Trinajstić information content (AvgIpc) is 3.36. The van der Waals surface area contributed by atoms with E-state index in [2.05, 4.69) is 15.7 Å². The number of fused-ring (bicyclic) bond motifs is 1. The van der Waals surface area contributed by atoms with Gasteiger partial charge in [-0.15, -0.1) is 0 Å². The van der Waals surface area contributed by atoms with Crippen LogP contribution in [-0.4, -0.2) is 27.7 Å². The van der Waals surface area contributed by atoms with Crippen molar-refractivity contribution in [3.63, 3.8) is 0 Å². The molecule has 1 atom stereocenters. The zero-order valence-corrected chi connectivity index (χ0v) is 18.3. The van der Waals surface area contributed by atoms with Gasteiger partial charge in [0.25, 0.3) is 5.91 Å². The summed E-state index contributed by atoms with van der Waals surface area (Å²) in [5, 5.41) is 10.2. The van der Waals surface area contributed by atoms with Crippen LogP contribution in [0.5, 0.6) is 5.75 Å². The van der Waals surface area contributed by atoms with Gasteiger partial charge in [-0.1, -0.05) is 30.3 Å². The first-order valence-corrected chi connectivity index (χ1v) is 11.3. The molecule has 2 heterocycles. The third-order valence-electron chi connectivity index (χ3n) is 4.98. The summed E-state index contributed by atoms with van der Waals surface area (Å²) in [4.78, 5) is 25.3. The fraction of sp³-hybridized carbons (Fsp3) is 0.261. The Morgan fingerprint density at radius 2 is 1.91 bits per heavy atom. The Bertz CT molecular complexity index is 1100. The Morgan fingerprint density at radius 3 is 2.66 bits per heavy atom. The monoisotopic (exact) mass is 454 g/mol. The maximum Gasteiger partial charge on any atom is 0.266 e. The summed E-state index contributed by atoms with van der Waals surface area (Å²) in [5.41, 5.74) is 2.59. The number of nitrogens with zero attached hydrogens (tertiary/aromatic N) is 2. The quantitative estimate of drug-likeness (QED) is 0.544. The topological polar surface area (TPSA) is 85.2 Å². The summed E-state index contributed by atoms with van der Waals surface area (Å²) >= 11 is 1.71. The molecule has 2 aromatic carbocycles. The van der Waals surface area contributed by atoms with E-state index in [0.29, 0.717) is 11.6 Å². The molecule has 9 heteroatoms. The second kappa shape index (κ2) is 9.86. The number of benzene rings is 2. The van der Waals surface area contributed by atoms with Crippen molar-refractivity contribution < 1.29 is 18.7 Å². The van der Waals surface area contributed by atoms with E-state index in [1.165, 1.54) is 16.8 Å². The van der Waals surface area contributed by atoms with Crippen LogP contribution in [0.15, 0.2) is 54.6 Å². The molecule has 3 aromatic rings. The van der Waals surface area contributed by atoms with E-state index < -0.39 is 6.10 Å². The molecule has 1 aliphatic heterocycles. The van der Waals surface area contributed by atoms with Crippen LogP contribution in [0.2, 0.25) is 0 Å². The number of thioether (sulfide) groups is 1. The largest absolute Gasteiger partial charge is 0.481 e. The third-order valence-corrected chi connectivity index (χ3v) is 5.95. The highest BCUT2D eigenvalue weighted by molar-refractivity contribution is 7.98. The van der Waals surface area contributed by atoms with E-state index in [0.717, 1.165) is 28.3 Å². The summed E-state index contributed by atoms with van der Waals surface area (Å²) in [6, 6.07) is 15.1. The predicted molar refractivity (Wildman–Crippen MR) is 121 cm³/mol. The van der Waals surface area contributed by atoms with Gasteiger partial charge >= 0.3 is 0 Å². The number of amides is 2. The summed E-state index contributed by atoms with van der Waals surface area (Å²) in [6.45, 7) is 1.91. The highest BCUT2D eigenvalue weighted by atomic mass is 32.2. The summed E-state index contributed by atoms with van der Waals surface area (Å²) < 4.78 is 20.3. The van der Waals surface area contributed by atoms with Crippen LogP contribution in [0.4, 0.5) is 10.2 Å². The fourth-order valence-corrected chi connectivity index (χ4v) is 4.33. The van der Waals surface area contributed by atoms with Crippen LogP contribution >= 0.6 is 11.8 Å². The van der Waals surface area contributed by atoms with E-state index in [1.807, 2.05) is 18.2 Å². The van der Waals surface area contributed by atoms with Gasteiger partial charge in [0.15, 0.2) is 6.10 Å². The van der Waals surface area contributed by atoms with Crippen molar-refractivity contribution in [1.82, 2.24) is 15.1 Å². The average molecular weight is 455 g/mol. The number of ether oxygens (including phenoxy) is 1. The minimum absolute atomic E-state index is 0.0393. The summed E-state index contributed by atoms with van der Waals surface area (Å²) in [6.07, 6.45) is -0.724. The van der Waals surface area contributed by atoms with E-state index in [1.54, 1.807) is 43.0 Å². The first-order chi connectivity index (χ1) is 15.5. The number of carbonyl (C=O) groups excluding carboxylic acids is 2. The number of anilines is 1. The maximum atomic E-state index is 13.0. The van der Waals surface area contributed by atoms with Gasteiger partial charge in [-0.05, 0) is 36.8 Å². The van der Waals surface area contributed by atoms with Crippen molar-refractivity contribution in [3.8, 4) is 5.75 Å². The molecule has 1 aromatic heterocycles. The van der Waals surface area contributed by atoms with Crippen molar-refractivity contribution in [2.45, 2.75) is 37.6 Å². The van der Waals surface area contributed by atoms with Crippen molar-refractivity contribution in [1.29, 1.82) is 0 Å². The molecule has 0 saturated heterocycles. The molecule has 0 fully saturated rings. The number of nitrogens with one attached hydrogen (secondary N) is 2. The highest BCUT2D eigenvalue weighted by Gasteiger charge is 2.26. The first kappa shape index (κ1) is 21.9. The highest BCUT2D eigenvalue weighted by Crippen LogP contribution is 2.34. The lowest BCUT2D eigenvalue weighted by atomic mass is 10.2. The van der Waals surface area contributed by atoms with Gasteiger partial charge in [0.2, 0.25) is 5.91 Å². The second-order valence-corrected chi connectivity index (χ2v) is 8.38. The fourth-order valence-electron chi connectivity index (χ4n) is 3.29. The molecule has 0 bridgehead atoms. The Labute approximate surface area is 189 Å². The number of carbonyl (C=O) groups is 2. The van der Waals surface area contributed by atoms with Crippen LogP contribution in [0.25, 0.3) is 0 Å². The first-order valence-electron chi connectivity index (χ1n) is 10.2. The van der Waals surface area contributed by atoms with Gasteiger partial charge in [-0.3, -0.25) is 9.59 Å². The molecule has 7 nitrogen and oxygen atoms in total. The van der Waals surface area contributed by atoms with Crippen molar-refractivity contribution >= 4 is 29.4 Å². The van der Waals surface area contributed by atoms with Crippen molar-refractivity contribution in [3.05, 3.63) is 77.2 Å². The SMILES string of the molecule is CC(Oc1ccccc1)C(=O)Nc1c2c(nn1CC(=O)NCc1ccc(F)cc1)CSC2. The molecule has 2 amide bonds. The maximum absolute atomic E-state index is 13.0. The Kier molecular flexibility index (Phi) is 6.75. The lowest BCUT2D eigenvalue weighted by Crippen LogP contribution is -2.33. The number of hydrogen-bond donors (Lipinski definition) is 2. The smallest absolute Gasteiger partial charge is 0.266 e. The van der Waals surface area contributed by atoms with Gasteiger partial charge in [0.05, 0.1) is 5.69 Å². The zero-order chi connectivity index (χ0) is 22.5. The predicted octanol–water partition coefficient (Wildman–Crippen LogP) is 3.49. The van der Waals surface area contributed by atoms with Gasteiger partial charge in [-0.2, -0.15) is 16.9 Å². The van der Waals surface area contributed by atoms with Gasteiger partial charge < -0.3 is 15.4 Å². The molecule has 2 N–H and O–H groups in total. The molecular formula is C23H23FN4O3S. The van der Waals surface area contributed by atoms with E-state index in [4.69, 9.17) is 4.74 Å². The van der Waals surface area contributed by atoms with Crippen molar-refractivity contribution in [2.75, 3.05) is 5.32 Å². The number of halogens is 1. The second-order valence-electron chi connectivity index (χ2n) is 7.39. The standard InChI is InChI=1S/C23H23FN4O3S/c1-15(31-18-5-3-2-4-6-18)23(30)26-22-19-13-32-14-20(19)27-28(22)12-21(29)25-11-16-7-9-17(24)10-8-16/h2-10,15H,11-14H2,1H3,(H,25,29)(H,26,30). The number of rotatable bonds is 8. The third kappa shape index (κ3) is 5.28. The lowest BCUT2D eigenvalue weighted by molar-refractivity contribution is -0.123. The number of aromatic nitrogens is 2. The number of hydrogen-bond acceptors (Lipinski definition) is 5. The molecule has 32 heavy (non-hydrogen) atoms. The minimum atomic E-state index is -0.724. The van der Waals surface area contributed by atoms with Crippen LogP contribution in [0, 0.1) is 5.82 Å². The summed E-state index contributed by atoms with van der Waals surface area (Å²) in [7, 11) is 0. The van der Waals surface area contributed by atoms with Crippen LogP contribution in [0.3, 0.4) is 0 Å². The molecular weight excluding hydrogens is 431 g/mol. The van der Waals surface area contributed by atoms with Crippen LogP contribution in [0.1, 0.15) is 23.7 Å².